The van der Waals surface area contributed by atoms with Crippen molar-refractivity contribution in [2.45, 2.75) is 47.3 Å². The van der Waals surface area contributed by atoms with Crippen LogP contribution >= 0.6 is 46.6 Å². The predicted octanol–water partition coefficient (Wildman–Crippen LogP) is 8.42. The molecule has 1 fully saturated rings. The van der Waals surface area contributed by atoms with Crippen molar-refractivity contribution in [2.75, 3.05) is 5.75 Å². The fourth-order valence-corrected chi connectivity index (χ4v) is 6.30. The summed E-state index contributed by atoms with van der Waals surface area (Å²) in [7, 11) is 0. The van der Waals surface area contributed by atoms with E-state index >= 15 is 0 Å². The van der Waals surface area contributed by atoms with Gasteiger partial charge in [0, 0.05) is 28.7 Å². The van der Waals surface area contributed by atoms with Crippen molar-refractivity contribution in [3.63, 3.8) is 0 Å². The van der Waals surface area contributed by atoms with Gasteiger partial charge in [-0.2, -0.15) is 0 Å². The van der Waals surface area contributed by atoms with Crippen molar-refractivity contribution < 1.29 is 19.4 Å². The molecule has 0 radical (unpaired) electrons. The SMILES string of the molecule is C[C@H]1[C@@H](CSc2ccccc2)O[C@@H](c2cccc(-c3cccc(CNC(=O)C(Cl)(Cl)Cl)c3)c2)O[C@H]1c1ccc(CO)cc1. The third-order valence-electron chi connectivity index (χ3n) is 7.41. The summed E-state index contributed by atoms with van der Waals surface area (Å²) < 4.78 is 11.3. The van der Waals surface area contributed by atoms with E-state index in [9.17, 15) is 9.90 Å². The van der Waals surface area contributed by atoms with E-state index in [0.717, 1.165) is 39.1 Å². The number of aliphatic hydroxyl groups excluding tert-OH is 1. The maximum absolute atomic E-state index is 12.0. The fraction of sp³-hybridized carbons (Fsp3) is 0.265. The van der Waals surface area contributed by atoms with Crippen molar-refractivity contribution in [1.82, 2.24) is 5.32 Å². The third-order valence-corrected chi connectivity index (χ3v) is 9.03. The van der Waals surface area contributed by atoms with Crippen molar-refractivity contribution in [3.8, 4) is 11.1 Å². The van der Waals surface area contributed by atoms with Gasteiger partial charge in [0.15, 0.2) is 6.29 Å². The molecule has 0 aromatic heterocycles. The molecule has 4 aromatic rings. The van der Waals surface area contributed by atoms with Crippen molar-refractivity contribution in [2.24, 2.45) is 5.92 Å². The number of carbonyl (C=O) groups is 1. The van der Waals surface area contributed by atoms with Crippen LogP contribution in [-0.2, 0) is 27.4 Å². The number of benzene rings is 4. The van der Waals surface area contributed by atoms with E-state index in [0.29, 0.717) is 0 Å². The molecule has 9 heteroatoms. The average Bonchev–Trinajstić information content (AvgIpc) is 3.03. The van der Waals surface area contributed by atoms with Crippen molar-refractivity contribution in [3.05, 3.63) is 125 Å². The molecule has 1 aliphatic heterocycles. The molecule has 43 heavy (non-hydrogen) atoms. The first-order valence-electron chi connectivity index (χ1n) is 13.9. The summed E-state index contributed by atoms with van der Waals surface area (Å²) in [6, 6.07) is 34.2. The third kappa shape index (κ3) is 8.34. The lowest BCUT2D eigenvalue weighted by Gasteiger charge is -2.41. The van der Waals surface area contributed by atoms with Crippen LogP contribution < -0.4 is 5.32 Å². The molecule has 5 nitrogen and oxygen atoms in total. The van der Waals surface area contributed by atoms with Gasteiger partial charge in [0.05, 0.1) is 18.8 Å². The molecule has 0 spiro atoms. The van der Waals surface area contributed by atoms with Crippen LogP contribution in [0.1, 0.15) is 41.6 Å². The first kappa shape index (κ1) is 31.9. The van der Waals surface area contributed by atoms with Crippen LogP contribution in [0.15, 0.2) is 108 Å². The first-order chi connectivity index (χ1) is 20.7. The molecule has 1 heterocycles. The second-order valence-corrected chi connectivity index (χ2v) is 13.8. The number of nitrogens with one attached hydrogen (secondary N) is 1. The summed E-state index contributed by atoms with van der Waals surface area (Å²) in [5.74, 6) is 0.194. The van der Waals surface area contributed by atoms with Gasteiger partial charge in [0.25, 0.3) is 9.70 Å². The van der Waals surface area contributed by atoms with Gasteiger partial charge in [-0.15, -0.1) is 11.8 Å². The van der Waals surface area contributed by atoms with E-state index in [4.69, 9.17) is 44.3 Å². The van der Waals surface area contributed by atoms with E-state index < -0.39 is 16.0 Å². The van der Waals surface area contributed by atoms with E-state index in [1.165, 1.54) is 4.90 Å². The minimum atomic E-state index is -2.01. The van der Waals surface area contributed by atoms with Gasteiger partial charge in [0.2, 0.25) is 0 Å². The van der Waals surface area contributed by atoms with Crippen LogP contribution in [0.25, 0.3) is 11.1 Å². The molecule has 4 atom stereocenters. The van der Waals surface area contributed by atoms with Gasteiger partial charge in [-0.1, -0.05) is 121 Å². The lowest BCUT2D eigenvalue weighted by molar-refractivity contribution is -0.268. The minimum Gasteiger partial charge on any atom is -0.392 e. The zero-order valence-electron chi connectivity index (χ0n) is 23.5. The van der Waals surface area contributed by atoms with E-state index in [1.54, 1.807) is 11.8 Å². The number of halogens is 3. The Bertz CT molecular complexity index is 1510. The van der Waals surface area contributed by atoms with E-state index in [-0.39, 0.29) is 31.3 Å². The summed E-state index contributed by atoms with van der Waals surface area (Å²) in [4.78, 5) is 13.2. The number of rotatable bonds is 9. The highest BCUT2D eigenvalue weighted by Gasteiger charge is 2.38. The Morgan fingerprint density at radius 2 is 1.53 bits per heavy atom. The molecule has 4 aromatic carbocycles. The number of hydrogen-bond acceptors (Lipinski definition) is 5. The van der Waals surface area contributed by atoms with Gasteiger partial charge in [-0.25, -0.2) is 0 Å². The monoisotopic (exact) mass is 655 g/mol. The van der Waals surface area contributed by atoms with E-state index in [2.05, 4.69) is 30.4 Å². The maximum atomic E-state index is 12.0. The Balaban J connectivity index is 1.38. The second-order valence-electron chi connectivity index (χ2n) is 10.5. The van der Waals surface area contributed by atoms with Crippen LogP contribution in [0.3, 0.4) is 0 Å². The van der Waals surface area contributed by atoms with E-state index in [1.807, 2.05) is 84.9 Å². The Morgan fingerprint density at radius 1 is 0.837 bits per heavy atom. The quantitative estimate of drug-likeness (QED) is 0.140. The normalized spacial score (nSPS) is 20.5. The highest BCUT2D eigenvalue weighted by Crippen LogP contribution is 2.43. The molecule has 0 unspecified atom stereocenters. The summed E-state index contributed by atoms with van der Waals surface area (Å²) in [6.07, 6.45) is -0.840. The number of aliphatic hydroxyl groups is 1. The van der Waals surface area contributed by atoms with Crippen LogP contribution in [0.5, 0.6) is 0 Å². The number of hydrogen-bond donors (Lipinski definition) is 2. The summed E-state index contributed by atoms with van der Waals surface area (Å²) in [5, 5.41) is 12.2. The molecule has 1 amide bonds. The van der Waals surface area contributed by atoms with Gasteiger partial charge in [0.1, 0.15) is 0 Å². The Hall–Kier alpha value is -2.55. The molecule has 0 bridgehead atoms. The van der Waals surface area contributed by atoms with Crippen LogP contribution in [0, 0.1) is 5.92 Å². The van der Waals surface area contributed by atoms with Gasteiger partial charge >= 0.3 is 0 Å². The van der Waals surface area contributed by atoms with Crippen molar-refractivity contribution in [1.29, 1.82) is 0 Å². The highest BCUT2D eigenvalue weighted by atomic mass is 35.6. The lowest BCUT2D eigenvalue weighted by atomic mass is 9.91. The molecule has 224 valence electrons. The number of thioether (sulfide) groups is 1. The molecular formula is C34H32Cl3NO4S. The fourth-order valence-electron chi connectivity index (χ4n) is 5.01. The predicted molar refractivity (Wildman–Crippen MR) is 174 cm³/mol. The smallest absolute Gasteiger partial charge is 0.272 e. The second kappa shape index (κ2) is 14.5. The Labute approximate surface area is 271 Å². The van der Waals surface area contributed by atoms with Gasteiger partial charge in [-0.3, -0.25) is 4.79 Å². The van der Waals surface area contributed by atoms with Gasteiger partial charge < -0.3 is 19.9 Å². The van der Waals surface area contributed by atoms with Crippen LogP contribution in [0.2, 0.25) is 0 Å². The first-order valence-corrected chi connectivity index (χ1v) is 16.1. The zero-order valence-corrected chi connectivity index (χ0v) is 26.5. The molecule has 5 rings (SSSR count). The molecular weight excluding hydrogens is 625 g/mol. The minimum absolute atomic E-state index is 0.00327. The number of carbonyl (C=O) groups excluding carboxylic acids is 1. The number of amides is 1. The Morgan fingerprint density at radius 3 is 2.23 bits per heavy atom. The largest absolute Gasteiger partial charge is 0.392 e. The highest BCUT2D eigenvalue weighted by molar-refractivity contribution is 7.99. The molecule has 0 aliphatic carbocycles. The Kier molecular flexibility index (Phi) is 10.7. The average molecular weight is 657 g/mol. The summed E-state index contributed by atoms with van der Waals surface area (Å²) in [6.45, 7) is 2.39. The number of ether oxygens (including phenoxy) is 2. The molecule has 1 saturated heterocycles. The lowest BCUT2D eigenvalue weighted by Crippen LogP contribution is -2.38. The number of alkyl halides is 3. The molecule has 1 aliphatic rings. The maximum Gasteiger partial charge on any atom is 0.272 e. The van der Waals surface area contributed by atoms with Crippen LogP contribution in [0.4, 0.5) is 0 Å². The van der Waals surface area contributed by atoms with Crippen molar-refractivity contribution >= 4 is 52.5 Å². The van der Waals surface area contributed by atoms with Crippen LogP contribution in [-0.4, -0.2) is 26.7 Å². The van der Waals surface area contributed by atoms with Gasteiger partial charge in [-0.05, 0) is 52.1 Å². The zero-order chi connectivity index (χ0) is 30.4. The molecule has 2 N–H and O–H groups in total. The summed E-state index contributed by atoms with van der Waals surface area (Å²) >= 11 is 18.8. The topological polar surface area (TPSA) is 67.8 Å². The summed E-state index contributed by atoms with van der Waals surface area (Å²) in [5.41, 5.74) is 5.64. The molecule has 0 saturated carbocycles. The standard InChI is InChI=1S/C34H32Cl3NO4S/c1-22-30(21-43-29-11-3-2-4-12-29)41-32(42-31(22)25-15-13-23(20-39)14-16-25)28-10-6-9-27(18-28)26-8-5-7-24(17-26)19-38-33(40)34(35,36)37/h2-18,22,30-32,39H,19-21H2,1H3,(H,38,40)/t22-,30+,31+,32+/m0/s1.